The van der Waals surface area contributed by atoms with Gasteiger partial charge in [0.15, 0.2) is 5.76 Å². The summed E-state index contributed by atoms with van der Waals surface area (Å²) in [5, 5.41) is 6.66. The third-order valence-corrected chi connectivity index (χ3v) is 4.51. The van der Waals surface area contributed by atoms with Crippen molar-refractivity contribution in [1.29, 1.82) is 0 Å². The van der Waals surface area contributed by atoms with Gasteiger partial charge in [-0.15, -0.1) is 11.8 Å². The normalized spacial score (nSPS) is 10.6. The lowest BCUT2D eigenvalue weighted by Crippen LogP contribution is -2.24. The molecule has 0 saturated heterocycles. The van der Waals surface area contributed by atoms with Crippen molar-refractivity contribution in [2.45, 2.75) is 12.3 Å². The lowest BCUT2D eigenvalue weighted by Gasteiger charge is -2.03. The second-order valence-electron chi connectivity index (χ2n) is 5.42. The van der Waals surface area contributed by atoms with Gasteiger partial charge in [-0.05, 0) is 17.7 Å². The monoisotopic (exact) mass is 356 g/mol. The minimum Gasteiger partial charge on any atom is -0.356 e. The van der Waals surface area contributed by atoms with E-state index in [9.17, 15) is 9.18 Å². The second-order valence-corrected chi connectivity index (χ2v) is 6.40. The maximum atomic E-state index is 13.7. The molecule has 128 valence electrons. The molecular formula is C19H17FN2O2S. The fraction of sp³-hybridized carbons (Fsp3) is 0.158. The Kier molecular flexibility index (Phi) is 5.85. The number of aromatic nitrogens is 1. The standard InChI is InChI=1S/C19H17FN2O2S/c20-17-9-5-4-8-16(17)18-10-15(22-24-18)11-21-19(23)13-25-12-14-6-2-1-3-7-14/h1-10H,11-13H2,(H,21,23). The van der Waals surface area contributed by atoms with Gasteiger partial charge < -0.3 is 9.84 Å². The van der Waals surface area contributed by atoms with Crippen molar-refractivity contribution in [3.63, 3.8) is 0 Å². The predicted octanol–water partition coefficient (Wildman–Crippen LogP) is 4.03. The Labute approximate surface area is 149 Å². The van der Waals surface area contributed by atoms with Gasteiger partial charge in [-0.3, -0.25) is 4.79 Å². The molecule has 0 aliphatic heterocycles. The number of carbonyl (C=O) groups is 1. The predicted molar refractivity (Wildman–Crippen MR) is 96.3 cm³/mol. The molecule has 0 bridgehead atoms. The summed E-state index contributed by atoms with van der Waals surface area (Å²) >= 11 is 1.55. The summed E-state index contributed by atoms with van der Waals surface area (Å²) in [6, 6.07) is 18.0. The largest absolute Gasteiger partial charge is 0.356 e. The number of amides is 1. The van der Waals surface area contributed by atoms with Gasteiger partial charge in [-0.2, -0.15) is 0 Å². The minimum absolute atomic E-state index is 0.0728. The lowest BCUT2D eigenvalue weighted by atomic mass is 10.1. The van der Waals surface area contributed by atoms with Crippen LogP contribution < -0.4 is 5.32 Å². The minimum atomic E-state index is -0.369. The molecule has 4 nitrogen and oxygen atoms in total. The van der Waals surface area contributed by atoms with E-state index in [1.807, 2.05) is 30.3 Å². The van der Waals surface area contributed by atoms with E-state index in [2.05, 4.69) is 10.5 Å². The van der Waals surface area contributed by atoms with Crippen LogP contribution in [-0.2, 0) is 17.1 Å². The molecule has 0 aliphatic carbocycles. The first-order chi connectivity index (χ1) is 12.2. The Balaban J connectivity index is 1.46. The number of rotatable bonds is 7. The van der Waals surface area contributed by atoms with Crippen LogP contribution in [0.4, 0.5) is 4.39 Å². The Bertz CT molecular complexity index is 836. The first-order valence-electron chi connectivity index (χ1n) is 7.81. The maximum Gasteiger partial charge on any atom is 0.230 e. The van der Waals surface area contributed by atoms with Crippen LogP contribution in [0.25, 0.3) is 11.3 Å². The molecule has 1 N–H and O–H groups in total. The maximum absolute atomic E-state index is 13.7. The Morgan fingerprint density at radius 1 is 1.12 bits per heavy atom. The molecule has 1 amide bonds. The first-order valence-corrected chi connectivity index (χ1v) is 8.97. The number of benzene rings is 2. The van der Waals surface area contributed by atoms with Crippen molar-refractivity contribution in [1.82, 2.24) is 10.5 Å². The SMILES string of the molecule is O=C(CSCc1ccccc1)NCc1cc(-c2ccccc2F)on1. The third kappa shape index (κ3) is 4.93. The Morgan fingerprint density at radius 3 is 2.68 bits per heavy atom. The molecule has 25 heavy (non-hydrogen) atoms. The zero-order valence-corrected chi connectivity index (χ0v) is 14.3. The van der Waals surface area contributed by atoms with E-state index in [1.54, 1.807) is 36.0 Å². The van der Waals surface area contributed by atoms with Crippen LogP contribution in [-0.4, -0.2) is 16.8 Å². The first kappa shape index (κ1) is 17.2. The number of thioether (sulfide) groups is 1. The summed E-state index contributed by atoms with van der Waals surface area (Å²) in [5.74, 6) is 1.06. The Hall–Kier alpha value is -2.60. The van der Waals surface area contributed by atoms with Gasteiger partial charge in [0.25, 0.3) is 0 Å². The van der Waals surface area contributed by atoms with Crippen LogP contribution in [0.15, 0.2) is 65.2 Å². The number of hydrogen-bond donors (Lipinski definition) is 1. The molecule has 3 aromatic rings. The van der Waals surface area contributed by atoms with Crippen molar-refractivity contribution in [2.24, 2.45) is 0 Å². The quantitative estimate of drug-likeness (QED) is 0.694. The summed E-state index contributed by atoms with van der Waals surface area (Å²) in [5.41, 5.74) is 2.09. The molecule has 1 aromatic heterocycles. The smallest absolute Gasteiger partial charge is 0.230 e. The average molecular weight is 356 g/mol. The molecule has 2 aromatic carbocycles. The molecule has 0 unspecified atom stereocenters. The van der Waals surface area contributed by atoms with Crippen LogP contribution in [0.5, 0.6) is 0 Å². The van der Waals surface area contributed by atoms with E-state index in [0.29, 0.717) is 22.8 Å². The molecule has 0 fully saturated rings. The van der Waals surface area contributed by atoms with Crippen molar-refractivity contribution < 1.29 is 13.7 Å². The van der Waals surface area contributed by atoms with Crippen molar-refractivity contribution in [3.05, 3.63) is 77.7 Å². The fourth-order valence-corrected chi connectivity index (χ4v) is 3.08. The Morgan fingerprint density at radius 2 is 1.88 bits per heavy atom. The van der Waals surface area contributed by atoms with E-state index in [-0.39, 0.29) is 18.3 Å². The van der Waals surface area contributed by atoms with Gasteiger partial charge in [0.05, 0.1) is 17.9 Å². The van der Waals surface area contributed by atoms with E-state index in [1.165, 1.54) is 11.6 Å². The number of halogens is 1. The molecule has 1 heterocycles. The van der Waals surface area contributed by atoms with Gasteiger partial charge in [-0.25, -0.2) is 4.39 Å². The zero-order chi connectivity index (χ0) is 17.5. The van der Waals surface area contributed by atoms with Crippen LogP contribution in [0.3, 0.4) is 0 Å². The highest BCUT2D eigenvalue weighted by Gasteiger charge is 2.11. The summed E-state index contributed by atoms with van der Waals surface area (Å²) in [6.45, 7) is 0.253. The van der Waals surface area contributed by atoms with E-state index < -0.39 is 0 Å². The second kappa shape index (κ2) is 8.48. The topological polar surface area (TPSA) is 55.1 Å². The molecule has 0 saturated carbocycles. The van der Waals surface area contributed by atoms with E-state index in [0.717, 1.165) is 5.75 Å². The van der Waals surface area contributed by atoms with Crippen molar-refractivity contribution in [3.8, 4) is 11.3 Å². The number of nitrogens with zero attached hydrogens (tertiary/aromatic N) is 1. The summed E-state index contributed by atoms with van der Waals surface area (Å²) in [6.07, 6.45) is 0. The van der Waals surface area contributed by atoms with Gasteiger partial charge in [-0.1, -0.05) is 47.6 Å². The van der Waals surface area contributed by atoms with E-state index in [4.69, 9.17) is 4.52 Å². The number of hydrogen-bond acceptors (Lipinski definition) is 4. The van der Waals surface area contributed by atoms with Crippen LogP contribution in [0, 0.1) is 5.82 Å². The van der Waals surface area contributed by atoms with Crippen LogP contribution in [0.1, 0.15) is 11.3 Å². The molecule has 0 spiro atoms. The van der Waals surface area contributed by atoms with Crippen LogP contribution in [0.2, 0.25) is 0 Å². The fourth-order valence-electron chi connectivity index (χ4n) is 2.26. The molecule has 0 aliphatic rings. The number of carbonyl (C=O) groups excluding carboxylic acids is 1. The zero-order valence-electron chi connectivity index (χ0n) is 13.4. The van der Waals surface area contributed by atoms with Crippen molar-refractivity contribution >= 4 is 17.7 Å². The van der Waals surface area contributed by atoms with E-state index >= 15 is 0 Å². The van der Waals surface area contributed by atoms with Gasteiger partial charge in [0.1, 0.15) is 11.5 Å². The third-order valence-electron chi connectivity index (χ3n) is 3.51. The lowest BCUT2D eigenvalue weighted by molar-refractivity contribution is -0.118. The summed E-state index contributed by atoms with van der Waals surface area (Å²) in [7, 11) is 0. The van der Waals surface area contributed by atoms with Crippen molar-refractivity contribution in [2.75, 3.05) is 5.75 Å². The van der Waals surface area contributed by atoms with Gasteiger partial charge >= 0.3 is 0 Å². The highest BCUT2D eigenvalue weighted by Crippen LogP contribution is 2.23. The highest BCUT2D eigenvalue weighted by atomic mass is 32.2. The average Bonchev–Trinajstić information content (AvgIpc) is 3.10. The highest BCUT2D eigenvalue weighted by molar-refractivity contribution is 7.99. The summed E-state index contributed by atoms with van der Waals surface area (Å²) < 4.78 is 18.9. The molecular weight excluding hydrogens is 339 g/mol. The molecule has 0 radical (unpaired) electrons. The van der Waals surface area contributed by atoms with Crippen LogP contribution >= 0.6 is 11.8 Å². The summed E-state index contributed by atoms with van der Waals surface area (Å²) in [4.78, 5) is 11.9. The van der Waals surface area contributed by atoms with Gasteiger partial charge in [0, 0.05) is 11.8 Å². The molecule has 6 heteroatoms. The number of nitrogens with one attached hydrogen (secondary N) is 1. The molecule has 0 atom stereocenters. The van der Waals surface area contributed by atoms with Gasteiger partial charge in [0.2, 0.25) is 5.91 Å². The molecule has 3 rings (SSSR count).